The first-order valence-electron chi connectivity index (χ1n) is 10.8. The Balaban J connectivity index is 2.94. The van der Waals surface area contributed by atoms with Gasteiger partial charge >= 0.3 is 5.97 Å². The van der Waals surface area contributed by atoms with Crippen LogP contribution in [0.15, 0.2) is 30.3 Å². The summed E-state index contributed by atoms with van der Waals surface area (Å²) in [6.45, 7) is 1.16. The van der Waals surface area contributed by atoms with E-state index in [9.17, 15) is 29.1 Å². The molecule has 1 aromatic rings. The molecule has 5 unspecified atom stereocenters. The highest BCUT2D eigenvalue weighted by Gasteiger charge is 2.32. The van der Waals surface area contributed by atoms with E-state index in [1.165, 1.54) is 11.8 Å². The molecular weight excluding hydrogens is 478 g/mol. The SMILES string of the molecule is CSCCC(NC(=O)C(N)Cc1ccccc1)C(=O)NC(CC(N)=O)C(=O)NC(C(=O)O)C(C)O. The van der Waals surface area contributed by atoms with Crippen LogP contribution in [0.25, 0.3) is 0 Å². The van der Waals surface area contributed by atoms with E-state index >= 15 is 0 Å². The molecule has 0 aliphatic rings. The number of carbonyl (C=O) groups is 5. The number of hydrogen-bond donors (Lipinski definition) is 7. The maximum atomic E-state index is 12.9. The van der Waals surface area contributed by atoms with Crippen LogP contribution >= 0.6 is 11.8 Å². The van der Waals surface area contributed by atoms with Crippen molar-refractivity contribution < 1.29 is 34.2 Å². The number of amides is 4. The quantitative estimate of drug-likeness (QED) is 0.140. The van der Waals surface area contributed by atoms with Crippen molar-refractivity contribution in [3.8, 4) is 0 Å². The Labute approximate surface area is 207 Å². The fraction of sp³-hybridized carbons (Fsp3) is 0.500. The summed E-state index contributed by atoms with van der Waals surface area (Å²) in [6.07, 6.45) is 0.185. The van der Waals surface area contributed by atoms with Crippen molar-refractivity contribution in [1.82, 2.24) is 16.0 Å². The Bertz CT molecular complexity index is 884. The number of rotatable bonds is 15. The molecule has 13 heteroatoms. The largest absolute Gasteiger partial charge is 0.480 e. The van der Waals surface area contributed by atoms with Crippen molar-refractivity contribution in [2.24, 2.45) is 11.5 Å². The lowest BCUT2D eigenvalue weighted by atomic mass is 10.0. The van der Waals surface area contributed by atoms with Gasteiger partial charge in [0, 0.05) is 0 Å². The van der Waals surface area contributed by atoms with Crippen LogP contribution in [-0.2, 0) is 30.4 Å². The molecule has 0 radical (unpaired) electrons. The summed E-state index contributed by atoms with van der Waals surface area (Å²) >= 11 is 1.43. The summed E-state index contributed by atoms with van der Waals surface area (Å²) in [5, 5.41) is 25.7. The van der Waals surface area contributed by atoms with E-state index in [1.54, 1.807) is 0 Å². The van der Waals surface area contributed by atoms with Crippen molar-refractivity contribution in [2.75, 3.05) is 12.0 Å². The van der Waals surface area contributed by atoms with E-state index in [2.05, 4.69) is 16.0 Å². The lowest BCUT2D eigenvalue weighted by molar-refractivity contribution is -0.145. The van der Waals surface area contributed by atoms with Gasteiger partial charge in [-0.3, -0.25) is 19.2 Å². The summed E-state index contributed by atoms with van der Waals surface area (Å²) in [6, 6.07) is 3.88. The fourth-order valence-corrected chi connectivity index (χ4v) is 3.54. The minimum atomic E-state index is -1.67. The summed E-state index contributed by atoms with van der Waals surface area (Å²) < 4.78 is 0. The zero-order valence-electron chi connectivity index (χ0n) is 19.6. The number of nitrogens with one attached hydrogen (secondary N) is 3. The topological polar surface area (TPSA) is 214 Å². The Morgan fingerprint density at radius 3 is 2.06 bits per heavy atom. The van der Waals surface area contributed by atoms with Crippen LogP contribution in [0.4, 0.5) is 0 Å². The summed E-state index contributed by atoms with van der Waals surface area (Å²) in [4.78, 5) is 60.9. The van der Waals surface area contributed by atoms with Gasteiger partial charge in [0.25, 0.3) is 0 Å². The number of aliphatic carboxylic acids is 1. The van der Waals surface area contributed by atoms with Crippen LogP contribution in [-0.4, -0.2) is 82.1 Å². The number of carboxylic acids is 1. The van der Waals surface area contributed by atoms with Gasteiger partial charge in [-0.15, -0.1) is 0 Å². The second-order valence-electron chi connectivity index (χ2n) is 7.94. The summed E-state index contributed by atoms with van der Waals surface area (Å²) in [5.41, 5.74) is 12.0. The minimum absolute atomic E-state index is 0.202. The van der Waals surface area contributed by atoms with E-state index in [0.717, 1.165) is 12.5 Å². The van der Waals surface area contributed by atoms with Crippen LogP contribution in [0.1, 0.15) is 25.3 Å². The standard InChI is InChI=1S/C22H33N5O7S/c1-12(28)18(22(33)34)27-21(32)16(11-17(24)29)26-20(31)15(8-9-35-2)25-19(30)14(23)10-13-6-4-3-5-7-13/h3-7,12,14-16,18,28H,8-11,23H2,1-2H3,(H2,24,29)(H,25,30)(H,26,31)(H,27,32)(H,33,34). The number of benzene rings is 1. The lowest BCUT2D eigenvalue weighted by Gasteiger charge is -2.25. The predicted octanol–water partition coefficient (Wildman–Crippen LogP) is -1.90. The maximum Gasteiger partial charge on any atom is 0.328 e. The molecule has 0 aliphatic heterocycles. The number of thioether (sulfide) groups is 1. The van der Waals surface area contributed by atoms with Crippen LogP contribution < -0.4 is 27.4 Å². The zero-order chi connectivity index (χ0) is 26.5. The van der Waals surface area contributed by atoms with Gasteiger partial charge in [-0.2, -0.15) is 11.8 Å². The van der Waals surface area contributed by atoms with E-state index < -0.39 is 66.3 Å². The van der Waals surface area contributed by atoms with Crippen molar-refractivity contribution in [1.29, 1.82) is 0 Å². The third kappa shape index (κ3) is 10.8. The van der Waals surface area contributed by atoms with E-state index in [0.29, 0.717) is 5.75 Å². The monoisotopic (exact) mass is 511 g/mol. The molecule has 5 atom stereocenters. The Hall–Kier alpha value is -3.16. The molecule has 1 aromatic carbocycles. The van der Waals surface area contributed by atoms with E-state index in [-0.39, 0.29) is 12.8 Å². The van der Waals surface area contributed by atoms with Gasteiger partial charge in [0.05, 0.1) is 18.6 Å². The first-order valence-corrected chi connectivity index (χ1v) is 12.2. The molecule has 35 heavy (non-hydrogen) atoms. The zero-order valence-corrected chi connectivity index (χ0v) is 20.4. The van der Waals surface area contributed by atoms with Crippen molar-refractivity contribution in [2.45, 2.75) is 56.5 Å². The number of hydrogen-bond acceptors (Lipinski definition) is 8. The normalized spacial score (nSPS) is 15.1. The lowest BCUT2D eigenvalue weighted by Crippen LogP contribution is -2.59. The Morgan fingerprint density at radius 2 is 1.54 bits per heavy atom. The first kappa shape index (κ1) is 29.9. The number of aliphatic hydroxyl groups excluding tert-OH is 1. The van der Waals surface area contributed by atoms with Crippen LogP contribution in [0.5, 0.6) is 0 Å². The van der Waals surface area contributed by atoms with Gasteiger partial charge in [0.2, 0.25) is 23.6 Å². The molecule has 1 rings (SSSR count). The highest BCUT2D eigenvalue weighted by atomic mass is 32.2. The first-order chi connectivity index (χ1) is 16.5. The van der Waals surface area contributed by atoms with Gasteiger partial charge in [-0.05, 0) is 37.3 Å². The molecule has 0 aliphatic carbocycles. The van der Waals surface area contributed by atoms with Gasteiger partial charge in [-0.25, -0.2) is 4.79 Å². The molecule has 0 saturated heterocycles. The highest BCUT2D eigenvalue weighted by molar-refractivity contribution is 7.98. The second kappa shape index (κ2) is 15.0. The third-order valence-corrected chi connectivity index (χ3v) is 5.61. The number of primary amides is 1. The number of nitrogens with two attached hydrogens (primary N) is 2. The number of carbonyl (C=O) groups excluding carboxylic acids is 4. The van der Waals surface area contributed by atoms with Crippen molar-refractivity contribution in [3.63, 3.8) is 0 Å². The molecule has 0 fully saturated rings. The van der Waals surface area contributed by atoms with Gasteiger partial charge in [0.1, 0.15) is 12.1 Å². The second-order valence-corrected chi connectivity index (χ2v) is 8.92. The fourth-order valence-electron chi connectivity index (χ4n) is 3.07. The molecule has 9 N–H and O–H groups in total. The average Bonchev–Trinajstić information content (AvgIpc) is 2.79. The molecule has 12 nitrogen and oxygen atoms in total. The third-order valence-electron chi connectivity index (χ3n) is 4.96. The van der Waals surface area contributed by atoms with Crippen LogP contribution in [0, 0.1) is 0 Å². The molecular formula is C22H33N5O7S. The van der Waals surface area contributed by atoms with E-state index in [1.807, 2.05) is 36.6 Å². The Morgan fingerprint density at radius 1 is 0.971 bits per heavy atom. The maximum absolute atomic E-state index is 12.9. The minimum Gasteiger partial charge on any atom is -0.480 e. The molecule has 0 aromatic heterocycles. The van der Waals surface area contributed by atoms with Crippen molar-refractivity contribution in [3.05, 3.63) is 35.9 Å². The Kier molecular flexibility index (Phi) is 12.8. The van der Waals surface area contributed by atoms with E-state index in [4.69, 9.17) is 16.6 Å². The molecule has 0 bridgehead atoms. The van der Waals surface area contributed by atoms with Gasteiger partial charge in [-0.1, -0.05) is 30.3 Å². The molecule has 4 amide bonds. The van der Waals surface area contributed by atoms with Crippen molar-refractivity contribution >= 4 is 41.4 Å². The molecule has 0 saturated carbocycles. The highest BCUT2D eigenvalue weighted by Crippen LogP contribution is 2.06. The predicted molar refractivity (Wildman–Crippen MR) is 130 cm³/mol. The molecule has 0 heterocycles. The summed E-state index contributed by atoms with van der Waals surface area (Å²) in [7, 11) is 0. The van der Waals surface area contributed by atoms with Crippen LogP contribution in [0.2, 0.25) is 0 Å². The molecule has 194 valence electrons. The molecule has 0 spiro atoms. The van der Waals surface area contributed by atoms with Gasteiger partial charge < -0.3 is 37.6 Å². The number of aliphatic hydroxyl groups is 1. The average molecular weight is 512 g/mol. The smallest absolute Gasteiger partial charge is 0.328 e. The van der Waals surface area contributed by atoms with Gasteiger partial charge in [0.15, 0.2) is 6.04 Å². The van der Waals surface area contributed by atoms with Crippen LogP contribution in [0.3, 0.4) is 0 Å². The number of carboxylic acid groups (broad SMARTS) is 1. The summed E-state index contributed by atoms with van der Waals surface area (Å²) in [5.74, 6) is -4.32.